The molecule has 1 amide bonds. The number of benzene rings is 1. The molecule has 94 valence electrons. The smallest absolute Gasteiger partial charge is 0.257 e. The van der Waals surface area contributed by atoms with Gasteiger partial charge in [-0.2, -0.15) is 0 Å². The summed E-state index contributed by atoms with van der Waals surface area (Å²) in [5, 5.41) is 5.95. The van der Waals surface area contributed by atoms with Crippen molar-refractivity contribution in [3.63, 3.8) is 0 Å². The summed E-state index contributed by atoms with van der Waals surface area (Å²) < 4.78 is 0. The number of pyridine rings is 1. The molecule has 4 nitrogen and oxygen atoms in total. The Morgan fingerprint density at radius 3 is 2.44 bits per heavy atom. The van der Waals surface area contributed by atoms with E-state index in [-0.39, 0.29) is 30.7 Å². The maximum Gasteiger partial charge on any atom is 0.257 e. The Morgan fingerprint density at radius 2 is 1.61 bits per heavy atom. The van der Waals surface area contributed by atoms with Crippen molar-refractivity contribution >= 4 is 47.9 Å². The van der Waals surface area contributed by atoms with Gasteiger partial charge in [0.1, 0.15) is 0 Å². The highest BCUT2D eigenvalue weighted by Crippen LogP contribution is 2.29. The molecule has 1 aliphatic heterocycles. The Kier molecular flexibility index (Phi) is 4.53. The van der Waals surface area contributed by atoms with Gasteiger partial charge in [-0.3, -0.25) is 4.79 Å². The number of aromatic nitrogens is 1. The second kappa shape index (κ2) is 5.71. The van der Waals surface area contributed by atoms with E-state index in [1.54, 1.807) is 18.3 Å². The summed E-state index contributed by atoms with van der Waals surface area (Å²) in [6.45, 7) is 0. The van der Waals surface area contributed by atoms with Gasteiger partial charge in [0.25, 0.3) is 5.91 Å². The first-order chi connectivity index (χ1) is 7.84. The number of anilines is 3. The summed E-state index contributed by atoms with van der Waals surface area (Å²) in [7, 11) is 0. The molecule has 2 heterocycles. The Labute approximate surface area is 117 Å². The Bertz CT molecular complexity index is 575. The predicted molar refractivity (Wildman–Crippen MR) is 76.4 cm³/mol. The van der Waals surface area contributed by atoms with E-state index in [1.165, 1.54) is 0 Å². The fourth-order valence-corrected chi connectivity index (χ4v) is 1.71. The van der Waals surface area contributed by atoms with Gasteiger partial charge in [-0.25, -0.2) is 4.98 Å². The minimum Gasteiger partial charge on any atom is -0.338 e. The Balaban J connectivity index is 0.000000810. The highest BCUT2D eigenvalue weighted by atomic mass is 35.5. The normalized spacial score (nSPS) is 11.4. The number of fused-ring (bicyclic) bond motifs is 2. The van der Waals surface area contributed by atoms with E-state index in [2.05, 4.69) is 15.6 Å². The molecule has 0 bridgehead atoms. The first-order valence-corrected chi connectivity index (χ1v) is 4.97. The van der Waals surface area contributed by atoms with Gasteiger partial charge < -0.3 is 10.6 Å². The summed E-state index contributed by atoms with van der Waals surface area (Å²) >= 11 is 0. The van der Waals surface area contributed by atoms with Gasteiger partial charge in [0.05, 0.1) is 16.9 Å². The fraction of sp³-hybridized carbons (Fsp3) is 0. The number of halogens is 2. The third kappa shape index (κ3) is 2.39. The zero-order valence-corrected chi connectivity index (χ0v) is 10.8. The first kappa shape index (κ1) is 14.3. The van der Waals surface area contributed by atoms with Crippen LogP contribution in [0, 0.1) is 0 Å². The van der Waals surface area contributed by atoms with Crippen LogP contribution in [0.5, 0.6) is 0 Å². The van der Waals surface area contributed by atoms with E-state index >= 15 is 0 Å². The molecular formula is C12H11Cl2N3O. The van der Waals surface area contributed by atoms with Crippen molar-refractivity contribution < 1.29 is 4.79 Å². The summed E-state index contributed by atoms with van der Waals surface area (Å²) in [5.41, 5.74) is 2.10. The minimum atomic E-state index is -0.116. The van der Waals surface area contributed by atoms with Crippen molar-refractivity contribution in [2.75, 3.05) is 10.6 Å². The van der Waals surface area contributed by atoms with Crippen molar-refractivity contribution in [3.8, 4) is 0 Å². The first-order valence-electron chi connectivity index (χ1n) is 4.97. The lowest BCUT2D eigenvalue weighted by atomic mass is 10.1. The molecule has 0 spiro atoms. The minimum absolute atomic E-state index is 0. The number of hydrogen-bond donors (Lipinski definition) is 2. The van der Waals surface area contributed by atoms with Crippen LogP contribution in [-0.4, -0.2) is 10.9 Å². The second-order valence-corrected chi connectivity index (χ2v) is 3.52. The quantitative estimate of drug-likeness (QED) is 0.781. The molecule has 6 heteroatoms. The van der Waals surface area contributed by atoms with E-state index < -0.39 is 0 Å². The number of rotatable bonds is 0. The van der Waals surface area contributed by atoms with Gasteiger partial charge >= 0.3 is 0 Å². The summed E-state index contributed by atoms with van der Waals surface area (Å²) in [5.74, 6) is 0.552. The van der Waals surface area contributed by atoms with Crippen LogP contribution < -0.4 is 10.6 Å². The van der Waals surface area contributed by atoms with Crippen LogP contribution in [0.1, 0.15) is 10.4 Å². The zero-order valence-electron chi connectivity index (χ0n) is 9.21. The van der Waals surface area contributed by atoms with Crippen molar-refractivity contribution in [2.24, 2.45) is 0 Å². The largest absolute Gasteiger partial charge is 0.338 e. The molecule has 0 saturated carbocycles. The molecule has 0 fully saturated rings. The van der Waals surface area contributed by atoms with Crippen LogP contribution in [0.2, 0.25) is 0 Å². The van der Waals surface area contributed by atoms with Gasteiger partial charge in [-0.1, -0.05) is 12.1 Å². The Hall–Kier alpha value is -1.78. The molecule has 1 aromatic carbocycles. The third-order valence-corrected chi connectivity index (χ3v) is 2.48. The number of nitrogens with zero attached hydrogens (tertiary/aromatic N) is 1. The van der Waals surface area contributed by atoms with Crippen LogP contribution in [-0.2, 0) is 0 Å². The maximum absolute atomic E-state index is 11.9. The summed E-state index contributed by atoms with van der Waals surface area (Å²) in [6.07, 6.45) is 1.69. The fourth-order valence-electron chi connectivity index (χ4n) is 1.71. The highest BCUT2D eigenvalue weighted by Gasteiger charge is 2.18. The van der Waals surface area contributed by atoms with Crippen LogP contribution in [0.15, 0.2) is 42.6 Å². The molecular weight excluding hydrogens is 273 g/mol. The lowest BCUT2D eigenvalue weighted by Gasteiger charge is -2.05. The lowest BCUT2D eigenvalue weighted by molar-refractivity contribution is 0.102. The molecule has 18 heavy (non-hydrogen) atoms. The topological polar surface area (TPSA) is 54.0 Å². The van der Waals surface area contributed by atoms with Crippen molar-refractivity contribution in [1.82, 2.24) is 4.98 Å². The lowest BCUT2D eigenvalue weighted by Crippen LogP contribution is -2.10. The number of nitrogens with one attached hydrogen (secondary N) is 2. The maximum atomic E-state index is 11.9. The number of carbonyl (C=O) groups excluding carboxylic acids is 1. The van der Waals surface area contributed by atoms with Crippen molar-refractivity contribution in [1.29, 1.82) is 0 Å². The van der Waals surface area contributed by atoms with E-state index in [1.807, 2.05) is 24.3 Å². The molecule has 0 aliphatic carbocycles. The molecule has 2 aromatic rings. The van der Waals surface area contributed by atoms with Gasteiger partial charge in [-0.15, -0.1) is 24.8 Å². The second-order valence-electron chi connectivity index (χ2n) is 3.52. The van der Waals surface area contributed by atoms with Crippen LogP contribution >= 0.6 is 24.8 Å². The molecule has 0 atom stereocenters. The van der Waals surface area contributed by atoms with Crippen LogP contribution in [0.25, 0.3) is 0 Å². The molecule has 0 unspecified atom stereocenters. The molecule has 1 aliphatic rings. The van der Waals surface area contributed by atoms with E-state index in [0.717, 1.165) is 5.69 Å². The summed E-state index contributed by atoms with van der Waals surface area (Å²) in [4.78, 5) is 16.1. The number of para-hydroxylation sites is 1. The van der Waals surface area contributed by atoms with Gasteiger partial charge in [0.15, 0.2) is 5.82 Å². The zero-order chi connectivity index (χ0) is 11.0. The van der Waals surface area contributed by atoms with E-state index in [0.29, 0.717) is 17.1 Å². The third-order valence-electron chi connectivity index (χ3n) is 2.48. The predicted octanol–water partition coefficient (Wildman–Crippen LogP) is 3.23. The molecule has 0 radical (unpaired) electrons. The number of amides is 1. The molecule has 1 aromatic heterocycles. The standard InChI is InChI=1S/C12H9N3O.2ClH/c16-12-8-4-1-2-5-9(8)14-11-10(15-12)6-3-7-13-11;;/h1-7H,(H,13,14)(H,15,16);2*1H. The van der Waals surface area contributed by atoms with Gasteiger partial charge in [-0.05, 0) is 24.3 Å². The molecule has 0 saturated heterocycles. The van der Waals surface area contributed by atoms with E-state index in [9.17, 15) is 4.79 Å². The SMILES string of the molecule is Cl.Cl.O=C1Nc2cccnc2Nc2ccccc21. The average Bonchev–Trinajstić information content (AvgIpc) is 2.45. The van der Waals surface area contributed by atoms with Crippen LogP contribution in [0.3, 0.4) is 0 Å². The average molecular weight is 284 g/mol. The van der Waals surface area contributed by atoms with Gasteiger partial charge in [0.2, 0.25) is 0 Å². The van der Waals surface area contributed by atoms with Crippen molar-refractivity contribution in [2.45, 2.75) is 0 Å². The monoisotopic (exact) mass is 283 g/mol. The van der Waals surface area contributed by atoms with Gasteiger partial charge in [0, 0.05) is 6.20 Å². The number of hydrogen-bond acceptors (Lipinski definition) is 3. The van der Waals surface area contributed by atoms with E-state index in [4.69, 9.17) is 0 Å². The highest BCUT2D eigenvalue weighted by molar-refractivity contribution is 6.11. The van der Waals surface area contributed by atoms with Crippen LogP contribution in [0.4, 0.5) is 17.2 Å². The molecule has 2 N–H and O–H groups in total. The Morgan fingerprint density at radius 1 is 0.889 bits per heavy atom. The number of carbonyl (C=O) groups is 1. The summed E-state index contributed by atoms with van der Waals surface area (Å²) in [6, 6.07) is 11.0. The van der Waals surface area contributed by atoms with Crippen molar-refractivity contribution in [3.05, 3.63) is 48.2 Å². The molecule has 3 rings (SSSR count).